The number of aryl methyl sites for hydroxylation is 4. The predicted molar refractivity (Wildman–Crippen MR) is 172 cm³/mol. The van der Waals surface area contributed by atoms with Crippen LogP contribution in [0, 0.1) is 27.7 Å². The van der Waals surface area contributed by atoms with Crippen molar-refractivity contribution in [3.05, 3.63) is 94.5 Å². The number of hydrogen-bond donors (Lipinski definition) is 1. The second-order valence-electron chi connectivity index (χ2n) is 11.9. The molecule has 3 aromatic rings. The first-order valence-corrected chi connectivity index (χ1v) is 16.8. The van der Waals surface area contributed by atoms with Gasteiger partial charge in [-0.25, -0.2) is 8.42 Å². The SMILES string of the molecule is CC[C@H](C(=O)NC1CCCCC1)N(Cc1ccccc1C)C(=O)CN(c1cc(C)cc(C)c1)S(=O)(=O)c1ccc(C)cc1. The molecule has 0 aromatic heterocycles. The number of rotatable bonds is 11. The maximum Gasteiger partial charge on any atom is 0.264 e. The fraction of sp³-hybridized carbons (Fsp3) is 0.429. The summed E-state index contributed by atoms with van der Waals surface area (Å²) in [4.78, 5) is 29.8. The van der Waals surface area contributed by atoms with E-state index in [9.17, 15) is 18.0 Å². The molecule has 1 N–H and O–H groups in total. The Morgan fingerprint density at radius 1 is 0.860 bits per heavy atom. The van der Waals surface area contributed by atoms with Crippen LogP contribution in [0.15, 0.2) is 71.6 Å². The van der Waals surface area contributed by atoms with Crippen molar-refractivity contribution < 1.29 is 18.0 Å². The molecule has 0 radical (unpaired) electrons. The lowest BCUT2D eigenvalue weighted by molar-refractivity contribution is -0.140. The standard InChI is InChI=1S/C35H45N3O4S/c1-6-33(35(40)36-30-14-8-7-9-15-30)37(23-29-13-11-10-12-28(29)5)34(39)24-38(31-21-26(3)20-27(4)22-31)43(41,42)32-18-16-25(2)17-19-32/h10-13,16-22,30,33H,6-9,14-15,23-24H2,1-5H3,(H,36,40)/t33-/m1/s1. The van der Waals surface area contributed by atoms with Gasteiger partial charge in [0.1, 0.15) is 12.6 Å². The zero-order valence-corrected chi connectivity index (χ0v) is 26.9. The number of nitrogens with zero attached hydrogens (tertiary/aromatic N) is 2. The molecule has 7 nitrogen and oxygen atoms in total. The first-order chi connectivity index (χ1) is 20.5. The molecule has 0 spiro atoms. The summed E-state index contributed by atoms with van der Waals surface area (Å²) < 4.78 is 29.5. The molecular formula is C35H45N3O4S. The second kappa shape index (κ2) is 14.2. The van der Waals surface area contributed by atoms with E-state index in [1.165, 1.54) is 10.7 Å². The van der Waals surface area contributed by atoms with Gasteiger partial charge < -0.3 is 10.2 Å². The van der Waals surface area contributed by atoms with Crippen LogP contribution in [0.1, 0.15) is 73.3 Å². The predicted octanol–water partition coefficient (Wildman–Crippen LogP) is 6.37. The molecule has 2 amide bonds. The summed E-state index contributed by atoms with van der Waals surface area (Å²) in [5.74, 6) is -0.612. The molecule has 3 aromatic carbocycles. The first kappa shape index (κ1) is 32.3. The molecule has 0 heterocycles. The number of carbonyl (C=O) groups is 2. The fourth-order valence-electron chi connectivity index (χ4n) is 5.90. The fourth-order valence-corrected chi connectivity index (χ4v) is 7.29. The van der Waals surface area contributed by atoms with E-state index in [0.29, 0.717) is 12.1 Å². The number of nitrogens with one attached hydrogen (secondary N) is 1. The normalized spacial score (nSPS) is 14.6. The molecule has 0 bridgehead atoms. The van der Waals surface area contributed by atoms with Crippen molar-refractivity contribution in [1.29, 1.82) is 0 Å². The van der Waals surface area contributed by atoms with Gasteiger partial charge in [-0.1, -0.05) is 74.2 Å². The Bertz CT molecular complexity index is 1510. The van der Waals surface area contributed by atoms with E-state index in [2.05, 4.69) is 5.32 Å². The second-order valence-corrected chi connectivity index (χ2v) is 13.7. The van der Waals surface area contributed by atoms with Gasteiger partial charge in [0.2, 0.25) is 11.8 Å². The summed E-state index contributed by atoms with van der Waals surface area (Å²) in [6.07, 6.45) is 5.60. The van der Waals surface area contributed by atoms with Crippen molar-refractivity contribution in [3.8, 4) is 0 Å². The Labute approximate surface area is 257 Å². The topological polar surface area (TPSA) is 86.8 Å². The third-order valence-electron chi connectivity index (χ3n) is 8.32. The van der Waals surface area contributed by atoms with Crippen LogP contribution >= 0.6 is 0 Å². The Balaban J connectivity index is 1.74. The molecule has 1 fully saturated rings. The number of anilines is 1. The van der Waals surface area contributed by atoms with Gasteiger partial charge in [0.25, 0.3) is 10.0 Å². The average molecular weight is 604 g/mol. The van der Waals surface area contributed by atoms with E-state index in [-0.39, 0.29) is 23.4 Å². The molecule has 230 valence electrons. The van der Waals surface area contributed by atoms with Crippen molar-refractivity contribution in [1.82, 2.24) is 10.2 Å². The number of amides is 2. The molecule has 4 rings (SSSR count). The lowest BCUT2D eigenvalue weighted by Gasteiger charge is -2.35. The third kappa shape index (κ3) is 8.05. The minimum Gasteiger partial charge on any atom is -0.352 e. The summed E-state index contributed by atoms with van der Waals surface area (Å²) in [5.41, 5.74) is 5.05. The van der Waals surface area contributed by atoms with Gasteiger partial charge in [0, 0.05) is 12.6 Å². The molecule has 0 aliphatic heterocycles. The average Bonchev–Trinajstić information content (AvgIpc) is 2.96. The van der Waals surface area contributed by atoms with Crippen molar-refractivity contribution in [3.63, 3.8) is 0 Å². The highest BCUT2D eigenvalue weighted by Crippen LogP contribution is 2.27. The molecular weight excluding hydrogens is 558 g/mol. The smallest absolute Gasteiger partial charge is 0.264 e. The minimum atomic E-state index is -4.10. The maximum atomic E-state index is 14.4. The summed E-state index contributed by atoms with van der Waals surface area (Å²) >= 11 is 0. The van der Waals surface area contributed by atoms with Crippen molar-refractivity contribution in [2.45, 2.75) is 96.7 Å². The lowest BCUT2D eigenvalue weighted by Crippen LogP contribution is -2.54. The zero-order valence-electron chi connectivity index (χ0n) is 26.1. The number of sulfonamides is 1. The minimum absolute atomic E-state index is 0.0967. The van der Waals surface area contributed by atoms with E-state index in [4.69, 9.17) is 0 Å². The molecule has 1 atom stereocenters. The molecule has 43 heavy (non-hydrogen) atoms. The quantitative estimate of drug-likeness (QED) is 0.276. The third-order valence-corrected chi connectivity index (χ3v) is 10.1. The van der Waals surface area contributed by atoms with Gasteiger partial charge in [0.15, 0.2) is 0 Å². The van der Waals surface area contributed by atoms with Crippen LogP contribution in [0.25, 0.3) is 0 Å². The highest BCUT2D eigenvalue weighted by Gasteiger charge is 2.34. The summed E-state index contributed by atoms with van der Waals surface area (Å²) in [6.45, 7) is 9.35. The van der Waals surface area contributed by atoms with Crippen LogP contribution in [0.2, 0.25) is 0 Å². The van der Waals surface area contributed by atoms with Gasteiger partial charge in [-0.3, -0.25) is 13.9 Å². The van der Waals surface area contributed by atoms with E-state index in [1.54, 1.807) is 41.3 Å². The Kier molecular flexibility index (Phi) is 10.7. The van der Waals surface area contributed by atoms with Crippen molar-refractivity contribution in [2.24, 2.45) is 0 Å². The Hall–Kier alpha value is -3.65. The molecule has 8 heteroatoms. The lowest BCUT2D eigenvalue weighted by atomic mass is 9.95. The monoisotopic (exact) mass is 603 g/mol. The number of hydrogen-bond acceptors (Lipinski definition) is 4. The first-order valence-electron chi connectivity index (χ1n) is 15.3. The highest BCUT2D eigenvalue weighted by molar-refractivity contribution is 7.92. The van der Waals surface area contributed by atoms with Crippen LogP contribution in [-0.2, 0) is 26.2 Å². The zero-order chi connectivity index (χ0) is 31.1. The number of carbonyl (C=O) groups excluding carboxylic acids is 2. The van der Waals surface area contributed by atoms with Crippen LogP contribution < -0.4 is 9.62 Å². The van der Waals surface area contributed by atoms with E-state index >= 15 is 0 Å². The molecule has 1 saturated carbocycles. The molecule has 0 saturated heterocycles. The van der Waals surface area contributed by atoms with Gasteiger partial charge in [-0.05, 0) is 93.5 Å². The maximum absolute atomic E-state index is 14.4. The van der Waals surface area contributed by atoms with Crippen LogP contribution in [0.4, 0.5) is 5.69 Å². The highest BCUT2D eigenvalue weighted by atomic mass is 32.2. The van der Waals surface area contributed by atoms with Crippen molar-refractivity contribution in [2.75, 3.05) is 10.8 Å². The Morgan fingerprint density at radius 2 is 1.49 bits per heavy atom. The van der Waals surface area contributed by atoms with Gasteiger partial charge in [-0.15, -0.1) is 0 Å². The number of benzene rings is 3. The van der Waals surface area contributed by atoms with Crippen LogP contribution in [-0.4, -0.2) is 43.8 Å². The summed E-state index contributed by atoms with van der Waals surface area (Å²) in [7, 11) is -4.10. The van der Waals surface area contributed by atoms with E-state index < -0.39 is 28.5 Å². The molecule has 0 unspecified atom stereocenters. The van der Waals surface area contributed by atoms with Gasteiger partial charge >= 0.3 is 0 Å². The van der Waals surface area contributed by atoms with Crippen LogP contribution in [0.5, 0.6) is 0 Å². The molecule has 1 aliphatic carbocycles. The van der Waals surface area contributed by atoms with E-state index in [1.807, 2.05) is 65.0 Å². The molecule has 1 aliphatic rings. The van der Waals surface area contributed by atoms with Gasteiger partial charge in [-0.2, -0.15) is 0 Å². The Morgan fingerprint density at radius 3 is 2.09 bits per heavy atom. The summed E-state index contributed by atoms with van der Waals surface area (Å²) in [6, 6.07) is 19.3. The van der Waals surface area contributed by atoms with Crippen molar-refractivity contribution >= 4 is 27.5 Å². The van der Waals surface area contributed by atoms with Crippen LogP contribution in [0.3, 0.4) is 0 Å². The van der Waals surface area contributed by atoms with E-state index in [0.717, 1.165) is 53.5 Å². The largest absolute Gasteiger partial charge is 0.352 e. The summed E-state index contributed by atoms with van der Waals surface area (Å²) in [5, 5.41) is 3.20. The van der Waals surface area contributed by atoms with Gasteiger partial charge in [0.05, 0.1) is 10.6 Å².